The Bertz CT molecular complexity index is 508. The van der Waals surface area contributed by atoms with Crippen LogP contribution >= 0.6 is 12.6 Å². The van der Waals surface area contributed by atoms with Gasteiger partial charge in [-0.2, -0.15) is 0 Å². The van der Waals surface area contributed by atoms with Gasteiger partial charge in [-0.05, 0) is 19.1 Å². The zero-order chi connectivity index (χ0) is 11.0. The number of hydrogen-bond donors (Lipinski definition) is 1. The van der Waals surface area contributed by atoms with Gasteiger partial charge in [-0.3, -0.25) is 4.57 Å². The Morgan fingerprint density at radius 1 is 1.33 bits per heavy atom. The average Bonchev–Trinajstić information content (AvgIpc) is 2.49. The van der Waals surface area contributed by atoms with Crippen LogP contribution in [0.4, 0.5) is 8.78 Å². The Morgan fingerprint density at radius 2 is 2.07 bits per heavy atom. The number of imidazole rings is 1. The minimum atomic E-state index is -0.621. The molecule has 0 aliphatic heterocycles. The summed E-state index contributed by atoms with van der Waals surface area (Å²) in [6.45, 7) is 1.76. The van der Waals surface area contributed by atoms with Crippen molar-refractivity contribution in [1.29, 1.82) is 0 Å². The second-order valence-electron chi connectivity index (χ2n) is 3.12. The summed E-state index contributed by atoms with van der Waals surface area (Å²) >= 11 is 4.09. The molecule has 0 radical (unpaired) electrons. The summed E-state index contributed by atoms with van der Waals surface area (Å²) in [6.07, 6.45) is 1.45. The highest BCUT2D eigenvalue weighted by Crippen LogP contribution is 2.19. The van der Waals surface area contributed by atoms with Crippen LogP contribution in [0.5, 0.6) is 0 Å². The predicted octanol–water partition coefficient (Wildman–Crippen LogP) is 2.75. The van der Waals surface area contributed by atoms with Crippen molar-refractivity contribution in [2.75, 3.05) is 0 Å². The number of thiol groups is 1. The molecule has 2 rings (SSSR count). The van der Waals surface area contributed by atoms with Gasteiger partial charge in [0.25, 0.3) is 0 Å². The molecule has 1 aromatic heterocycles. The molecule has 2 aromatic rings. The minimum Gasteiger partial charge on any atom is -0.299 e. The first-order valence-corrected chi connectivity index (χ1v) is 4.72. The van der Waals surface area contributed by atoms with E-state index in [1.807, 2.05) is 0 Å². The SMILES string of the molecule is Cc1c(S)ncn1-c1ccc(F)cc1F. The number of nitrogens with zero attached hydrogens (tertiary/aromatic N) is 2. The van der Waals surface area contributed by atoms with Crippen LogP contribution in [0.1, 0.15) is 5.69 Å². The van der Waals surface area contributed by atoms with Gasteiger partial charge in [0, 0.05) is 6.07 Å². The van der Waals surface area contributed by atoms with Gasteiger partial charge in [-0.15, -0.1) is 12.6 Å². The number of rotatable bonds is 1. The zero-order valence-electron chi connectivity index (χ0n) is 7.91. The summed E-state index contributed by atoms with van der Waals surface area (Å²) < 4.78 is 27.6. The van der Waals surface area contributed by atoms with E-state index in [1.54, 1.807) is 6.92 Å². The quantitative estimate of drug-likeness (QED) is 0.740. The highest BCUT2D eigenvalue weighted by molar-refractivity contribution is 7.80. The molecule has 0 aliphatic carbocycles. The number of halogens is 2. The lowest BCUT2D eigenvalue weighted by atomic mass is 10.3. The van der Waals surface area contributed by atoms with Crippen molar-refractivity contribution in [1.82, 2.24) is 9.55 Å². The van der Waals surface area contributed by atoms with Crippen LogP contribution in [-0.2, 0) is 0 Å². The number of benzene rings is 1. The van der Waals surface area contributed by atoms with Gasteiger partial charge in [0.1, 0.15) is 23.0 Å². The summed E-state index contributed by atoms with van der Waals surface area (Å²) in [6, 6.07) is 3.41. The molecule has 0 saturated heterocycles. The summed E-state index contributed by atoms with van der Waals surface area (Å²) in [5.74, 6) is -1.22. The Hall–Kier alpha value is -1.36. The van der Waals surface area contributed by atoms with Gasteiger partial charge in [0.05, 0.1) is 11.4 Å². The minimum absolute atomic E-state index is 0.265. The Balaban J connectivity index is 2.59. The maximum Gasteiger partial charge on any atom is 0.150 e. The number of aromatic nitrogens is 2. The van der Waals surface area contributed by atoms with Gasteiger partial charge in [0.15, 0.2) is 0 Å². The molecule has 0 spiro atoms. The van der Waals surface area contributed by atoms with Crippen LogP contribution in [0.3, 0.4) is 0 Å². The van der Waals surface area contributed by atoms with Gasteiger partial charge in [-0.1, -0.05) is 0 Å². The molecule has 2 nitrogen and oxygen atoms in total. The fourth-order valence-electron chi connectivity index (χ4n) is 1.32. The summed E-state index contributed by atoms with van der Waals surface area (Å²) in [7, 11) is 0. The second kappa shape index (κ2) is 3.66. The molecule has 0 N–H and O–H groups in total. The topological polar surface area (TPSA) is 17.8 Å². The standard InChI is InChI=1S/C10H8F2N2S/c1-6-10(15)13-5-14(6)9-3-2-7(11)4-8(9)12/h2-5,15H,1H3. The van der Waals surface area contributed by atoms with Gasteiger partial charge in [0.2, 0.25) is 0 Å². The van der Waals surface area contributed by atoms with Crippen molar-refractivity contribution in [2.24, 2.45) is 0 Å². The first-order chi connectivity index (χ1) is 7.09. The lowest BCUT2D eigenvalue weighted by Crippen LogP contribution is -1.98. The first-order valence-electron chi connectivity index (χ1n) is 4.28. The molecule has 0 atom stereocenters. The monoisotopic (exact) mass is 226 g/mol. The van der Waals surface area contributed by atoms with E-state index in [9.17, 15) is 8.78 Å². The molecule has 0 fully saturated rings. The lowest BCUT2D eigenvalue weighted by molar-refractivity contribution is 0.577. The second-order valence-corrected chi connectivity index (χ2v) is 3.54. The fraction of sp³-hybridized carbons (Fsp3) is 0.100. The van der Waals surface area contributed by atoms with E-state index in [0.717, 1.165) is 6.07 Å². The number of hydrogen-bond acceptors (Lipinski definition) is 2. The van der Waals surface area contributed by atoms with Crippen LogP contribution in [-0.4, -0.2) is 9.55 Å². The fourth-order valence-corrected chi connectivity index (χ4v) is 1.48. The molecule has 0 aliphatic rings. The Morgan fingerprint density at radius 3 is 2.60 bits per heavy atom. The van der Waals surface area contributed by atoms with E-state index in [-0.39, 0.29) is 5.69 Å². The maximum absolute atomic E-state index is 13.4. The molecule has 1 aromatic carbocycles. The lowest BCUT2D eigenvalue weighted by Gasteiger charge is -2.06. The van der Waals surface area contributed by atoms with E-state index in [1.165, 1.54) is 23.0 Å². The molecule has 78 valence electrons. The molecule has 0 amide bonds. The van der Waals surface area contributed by atoms with Crippen molar-refractivity contribution in [3.63, 3.8) is 0 Å². The predicted molar refractivity (Wildman–Crippen MR) is 55.5 cm³/mol. The molecular weight excluding hydrogens is 218 g/mol. The third-order valence-corrected chi connectivity index (χ3v) is 2.59. The smallest absolute Gasteiger partial charge is 0.150 e. The zero-order valence-corrected chi connectivity index (χ0v) is 8.80. The summed E-state index contributed by atoms with van der Waals surface area (Å²) in [5.41, 5.74) is 0.977. The van der Waals surface area contributed by atoms with Crippen molar-refractivity contribution >= 4 is 12.6 Å². The molecule has 1 heterocycles. The van der Waals surface area contributed by atoms with Crippen LogP contribution in [0.2, 0.25) is 0 Å². The molecule has 5 heteroatoms. The third-order valence-electron chi connectivity index (χ3n) is 2.15. The largest absolute Gasteiger partial charge is 0.299 e. The van der Waals surface area contributed by atoms with E-state index in [4.69, 9.17) is 0 Å². The van der Waals surface area contributed by atoms with E-state index < -0.39 is 11.6 Å². The summed E-state index contributed by atoms with van der Waals surface area (Å²) in [5, 5.41) is 0.527. The van der Waals surface area contributed by atoms with E-state index in [0.29, 0.717) is 10.7 Å². The maximum atomic E-state index is 13.4. The highest BCUT2D eigenvalue weighted by Gasteiger charge is 2.09. The first kappa shape index (κ1) is 10.2. The van der Waals surface area contributed by atoms with Crippen molar-refractivity contribution in [2.45, 2.75) is 11.9 Å². The van der Waals surface area contributed by atoms with Crippen LogP contribution in [0.25, 0.3) is 5.69 Å². The van der Waals surface area contributed by atoms with Crippen LogP contribution in [0, 0.1) is 18.6 Å². The van der Waals surface area contributed by atoms with Crippen molar-refractivity contribution in [3.8, 4) is 5.69 Å². The Labute approximate surface area is 91.0 Å². The molecule has 0 saturated carbocycles. The Kier molecular flexibility index (Phi) is 2.48. The van der Waals surface area contributed by atoms with Crippen molar-refractivity contribution < 1.29 is 8.78 Å². The highest BCUT2D eigenvalue weighted by atomic mass is 32.1. The molecular formula is C10H8F2N2S. The van der Waals surface area contributed by atoms with Gasteiger partial charge in [-0.25, -0.2) is 13.8 Å². The van der Waals surface area contributed by atoms with Crippen molar-refractivity contribution in [3.05, 3.63) is 41.9 Å². The average molecular weight is 226 g/mol. The van der Waals surface area contributed by atoms with Crippen LogP contribution in [0.15, 0.2) is 29.6 Å². The molecule has 0 bridgehead atoms. The summed E-state index contributed by atoms with van der Waals surface area (Å²) in [4.78, 5) is 3.92. The third kappa shape index (κ3) is 1.74. The van der Waals surface area contributed by atoms with E-state index in [2.05, 4.69) is 17.6 Å². The molecule has 15 heavy (non-hydrogen) atoms. The normalized spacial score (nSPS) is 10.7. The van der Waals surface area contributed by atoms with Gasteiger partial charge < -0.3 is 0 Å². The van der Waals surface area contributed by atoms with Crippen LogP contribution < -0.4 is 0 Å². The molecule has 0 unspecified atom stereocenters. The van der Waals surface area contributed by atoms with E-state index >= 15 is 0 Å². The van der Waals surface area contributed by atoms with Gasteiger partial charge >= 0.3 is 0 Å².